The molecule has 0 aromatic heterocycles. The monoisotopic (exact) mass is 265 g/mol. The smallest absolute Gasteiger partial charge is 0.185 e. The lowest BCUT2D eigenvalue weighted by atomic mass is 10.2. The fourth-order valence-corrected chi connectivity index (χ4v) is 2.04. The molecule has 1 aromatic carbocycles. The Morgan fingerprint density at radius 3 is 2.61 bits per heavy atom. The summed E-state index contributed by atoms with van der Waals surface area (Å²) >= 11 is 0. The van der Waals surface area contributed by atoms with Crippen LogP contribution in [-0.2, 0) is 9.84 Å². The zero-order valence-corrected chi connectivity index (χ0v) is 10.5. The summed E-state index contributed by atoms with van der Waals surface area (Å²) in [6.45, 7) is 0.951. The summed E-state index contributed by atoms with van der Waals surface area (Å²) in [5.41, 5.74) is 0.584. The number of ether oxygens (including phenoxy) is 2. The number of rotatable bonds is 2. The third kappa shape index (κ3) is 2.63. The molecule has 1 aliphatic heterocycles. The lowest BCUT2D eigenvalue weighted by Crippen LogP contribution is -2.15. The van der Waals surface area contributed by atoms with E-state index in [0.717, 1.165) is 6.26 Å². The molecule has 2 rings (SSSR count). The minimum absolute atomic E-state index is 0.279. The van der Waals surface area contributed by atoms with Gasteiger partial charge in [-0.15, -0.1) is 0 Å². The van der Waals surface area contributed by atoms with Crippen LogP contribution in [0, 0.1) is 11.3 Å². The van der Waals surface area contributed by atoms with E-state index in [1.165, 1.54) is 6.08 Å². The van der Waals surface area contributed by atoms with Crippen molar-refractivity contribution in [1.29, 1.82) is 5.26 Å². The normalized spacial score (nSPS) is 15.0. The van der Waals surface area contributed by atoms with E-state index in [4.69, 9.17) is 14.7 Å². The second-order valence-electron chi connectivity index (χ2n) is 3.80. The van der Waals surface area contributed by atoms with Crippen molar-refractivity contribution in [2.75, 3.05) is 19.5 Å². The Kier molecular flexibility index (Phi) is 3.26. The minimum atomic E-state index is -3.51. The number of allylic oxidation sites excluding steroid dienone is 1. The van der Waals surface area contributed by atoms with Crippen molar-refractivity contribution in [2.24, 2.45) is 0 Å². The van der Waals surface area contributed by atoms with Crippen molar-refractivity contribution in [3.05, 3.63) is 28.7 Å². The first-order valence-corrected chi connectivity index (χ1v) is 7.11. The standard InChI is InChI=1S/C12H11NO4S/c1-18(14,15)10(8-13)6-9-2-3-11-12(7-9)17-5-4-16-11/h2-3,6-7H,4-5H2,1H3/b10-6-. The molecule has 0 atom stereocenters. The molecule has 0 N–H and O–H groups in total. The zero-order valence-electron chi connectivity index (χ0n) is 9.71. The van der Waals surface area contributed by atoms with E-state index in [-0.39, 0.29) is 4.91 Å². The molecule has 94 valence electrons. The number of fused-ring (bicyclic) bond motifs is 1. The van der Waals surface area contributed by atoms with Gasteiger partial charge in [-0.2, -0.15) is 5.26 Å². The van der Waals surface area contributed by atoms with Gasteiger partial charge in [-0.25, -0.2) is 8.42 Å². The topological polar surface area (TPSA) is 76.4 Å². The average molecular weight is 265 g/mol. The highest BCUT2D eigenvalue weighted by Crippen LogP contribution is 2.31. The molecule has 0 fully saturated rings. The Bertz CT molecular complexity index is 641. The number of benzene rings is 1. The van der Waals surface area contributed by atoms with Crippen LogP contribution >= 0.6 is 0 Å². The second kappa shape index (κ2) is 4.70. The summed E-state index contributed by atoms with van der Waals surface area (Å²) in [6.07, 6.45) is 2.31. The Hall–Kier alpha value is -2.00. The van der Waals surface area contributed by atoms with Crippen molar-refractivity contribution in [3.63, 3.8) is 0 Å². The average Bonchev–Trinajstić information content (AvgIpc) is 2.34. The van der Waals surface area contributed by atoms with Crippen LogP contribution in [0.2, 0.25) is 0 Å². The third-order valence-electron chi connectivity index (χ3n) is 2.37. The molecular formula is C12H11NO4S. The fraction of sp³-hybridized carbons (Fsp3) is 0.250. The van der Waals surface area contributed by atoms with Crippen molar-refractivity contribution >= 4 is 15.9 Å². The van der Waals surface area contributed by atoms with Gasteiger partial charge in [0, 0.05) is 6.26 Å². The van der Waals surface area contributed by atoms with Gasteiger partial charge in [-0.3, -0.25) is 0 Å². The first kappa shape index (κ1) is 12.5. The Morgan fingerprint density at radius 1 is 1.33 bits per heavy atom. The van der Waals surface area contributed by atoms with Gasteiger partial charge in [-0.05, 0) is 23.8 Å². The molecule has 18 heavy (non-hydrogen) atoms. The van der Waals surface area contributed by atoms with E-state index >= 15 is 0 Å². The quantitative estimate of drug-likeness (QED) is 0.755. The molecule has 0 amide bonds. The van der Waals surface area contributed by atoms with E-state index in [0.29, 0.717) is 30.3 Å². The summed E-state index contributed by atoms with van der Waals surface area (Å²) in [5, 5.41) is 8.81. The van der Waals surface area contributed by atoms with Crippen molar-refractivity contribution < 1.29 is 17.9 Å². The molecule has 5 nitrogen and oxygen atoms in total. The SMILES string of the molecule is CS(=O)(=O)/C(C#N)=C\c1ccc2c(c1)OCCO2. The van der Waals surface area contributed by atoms with E-state index < -0.39 is 9.84 Å². The minimum Gasteiger partial charge on any atom is -0.486 e. The molecule has 0 unspecified atom stereocenters. The van der Waals surface area contributed by atoms with Crippen LogP contribution < -0.4 is 9.47 Å². The number of hydrogen-bond donors (Lipinski definition) is 0. The van der Waals surface area contributed by atoms with Crippen molar-refractivity contribution in [1.82, 2.24) is 0 Å². The van der Waals surface area contributed by atoms with Crippen LogP contribution in [0.15, 0.2) is 23.1 Å². The van der Waals surface area contributed by atoms with Crippen LogP contribution in [-0.4, -0.2) is 27.9 Å². The largest absolute Gasteiger partial charge is 0.486 e. The van der Waals surface area contributed by atoms with Crippen LogP contribution in [0.5, 0.6) is 11.5 Å². The van der Waals surface area contributed by atoms with Gasteiger partial charge < -0.3 is 9.47 Å². The first-order valence-electron chi connectivity index (χ1n) is 5.22. The number of nitriles is 1. The maximum atomic E-state index is 11.3. The van der Waals surface area contributed by atoms with E-state index in [1.54, 1.807) is 24.3 Å². The van der Waals surface area contributed by atoms with Crippen LogP contribution in [0.4, 0.5) is 0 Å². The molecule has 1 aliphatic rings. The van der Waals surface area contributed by atoms with Crippen LogP contribution in [0.3, 0.4) is 0 Å². The predicted octanol–water partition coefficient (Wildman–Crippen LogP) is 1.37. The van der Waals surface area contributed by atoms with Gasteiger partial charge in [0.2, 0.25) is 0 Å². The Balaban J connectivity index is 2.41. The number of hydrogen-bond acceptors (Lipinski definition) is 5. The van der Waals surface area contributed by atoms with E-state index in [2.05, 4.69) is 0 Å². The van der Waals surface area contributed by atoms with E-state index in [1.807, 2.05) is 0 Å². The van der Waals surface area contributed by atoms with Gasteiger partial charge in [0.1, 0.15) is 24.2 Å². The molecule has 6 heteroatoms. The summed E-state index contributed by atoms with van der Waals surface area (Å²) in [6, 6.07) is 6.69. The molecule has 0 saturated heterocycles. The summed E-state index contributed by atoms with van der Waals surface area (Å²) in [7, 11) is -3.51. The van der Waals surface area contributed by atoms with Gasteiger partial charge in [0.05, 0.1) is 0 Å². The molecule has 0 spiro atoms. The fourth-order valence-electron chi connectivity index (χ4n) is 1.52. The lowest BCUT2D eigenvalue weighted by molar-refractivity contribution is 0.171. The van der Waals surface area contributed by atoms with Crippen molar-refractivity contribution in [3.8, 4) is 17.6 Å². The van der Waals surface area contributed by atoms with Gasteiger partial charge >= 0.3 is 0 Å². The molecule has 1 heterocycles. The van der Waals surface area contributed by atoms with Crippen LogP contribution in [0.25, 0.3) is 6.08 Å². The summed E-state index contributed by atoms with van der Waals surface area (Å²) in [4.78, 5) is -0.279. The Labute approximate surface area is 105 Å². The molecule has 0 bridgehead atoms. The Morgan fingerprint density at radius 2 is 2.00 bits per heavy atom. The maximum absolute atomic E-state index is 11.3. The van der Waals surface area contributed by atoms with E-state index in [9.17, 15) is 8.42 Å². The number of nitrogens with zero attached hydrogens (tertiary/aromatic N) is 1. The lowest BCUT2D eigenvalue weighted by Gasteiger charge is -2.18. The second-order valence-corrected chi connectivity index (χ2v) is 5.78. The summed E-state index contributed by atoms with van der Waals surface area (Å²) < 4.78 is 33.3. The summed E-state index contributed by atoms with van der Waals surface area (Å²) in [5.74, 6) is 1.18. The zero-order chi connectivity index (χ0) is 13.2. The van der Waals surface area contributed by atoms with Crippen LogP contribution in [0.1, 0.15) is 5.56 Å². The van der Waals surface area contributed by atoms with Gasteiger partial charge in [0.15, 0.2) is 21.3 Å². The first-order chi connectivity index (χ1) is 8.50. The van der Waals surface area contributed by atoms with Gasteiger partial charge in [0.25, 0.3) is 0 Å². The number of sulfone groups is 1. The highest BCUT2D eigenvalue weighted by atomic mass is 32.2. The molecule has 0 saturated carbocycles. The third-order valence-corrected chi connectivity index (χ3v) is 3.38. The molecular weight excluding hydrogens is 254 g/mol. The molecule has 0 aliphatic carbocycles. The van der Waals surface area contributed by atoms with Crippen molar-refractivity contribution in [2.45, 2.75) is 0 Å². The van der Waals surface area contributed by atoms with Gasteiger partial charge in [-0.1, -0.05) is 6.07 Å². The predicted molar refractivity (Wildman–Crippen MR) is 65.9 cm³/mol. The molecule has 0 radical (unpaired) electrons. The highest BCUT2D eigenvalue weighted by Gasteiger charge is 2.13. The maximum Gasteiger partial charge on any atom is 0.185 e. The molecule has 1 aromatic rings. The highest BCUT2D eigenvalue weighted by molar-refractivity contribution is 7.95.